The van der Waals surface area contributed by atoms with Crippen LogP contribution in [0.15, 0.2) is 34.9 Å². The van der Waals surface area contributed by atoms with E-state index < -0.39 is 0 Å². The molecule has 0 aliphatic rings. The van der Waals surface area contributed by atoms with Gasteiger partial charge >= 0.3 is 0 Å². The molecule has 106 valence electrons. The van der Waals surface area contributed by atoms with E-state index in [4.69, 9.17) is 10.2 Å². The van der Waals surface area contributed by atoms with Crippen LogP contribution in [0.3, 0.4) is 0 Å². The third-order valence-electron chi connectivity index (χ3n) is 3.18. The highest BCUT2D eigenvalue weighted by Gasteiger charge is 2.18. The van der Waals surface area contributed by atoms with Gasteiger partial charge in [0.05, 0.1) is 12.1 Å². The van der Waals surface area contributed by atoms with Crippen molar-refractivity contribution < 1.29 is 9.21 Å². The second kappa shape index (κ2) is 5.92. The van der Waals surface area contributed by atoms with E-state index in [1.165, 1.54) is 6.26 Å². The van der Waals surface area contributed by atoms with Crippen molar-refractivity contribution in [2.75, 3.05) is 11.4 Å². The summed E-state index contributed by atoms with van der Waals surface area (Å²) in [6.07, 6.45) is 1.47. The number of nitrogens with two attached hydrogens (primary N) is 1. The first-order valence-corrected chi connectivity index (χ1v) is 6.72. The van der Waals surface area contributed by atoms with Gasteiger partial charge in [-0.25, -0.2) is 0 Å². The number of furan rings is 1. The SMILES string of the molecule is CCN(C(=O)c1coc(CN)c1)c1cc(C)cc(C)c1. The summed E-state index contributed by atoms with van der Waals surface area (Å²) in [4.78, 5) is 14.3. The second-order valence-corrected chi connectivity index (χ2v) is 4.90. The van der Waals surface area contributed by atoms with Gasteiger partial charge in [0, 0.05) is 12.2 Å². The molecule has 0 atom stereocenters. The van der Waals surface area contributed by atoms with E-state index in [9.17, 15) is 4.79 Å². The highest BCUT2D eigenvalue weighted by molar-refractivity contribution is 6.06. The van der Waals surface area contributed by atoms with Crippen molar-refractivity contribution in [3.05, 3.63) is 53.0 Å². The van der Waals surface area contributed by atoms with E-state index >= 15 is 0 Å². The largest absolute Gasteiger partial charge is 0.467 e. The zero-order valence-electron chi connectivity index (χ0n) is 12.1. The average Bonchev–Trinajstić information content (AvgIpc) is 2.87. The predicted octanol–water partition coefficient (Wildman–Crippen LogP) is 3.02. The summed E-state index contributed by atoms with van der Waals surface area (Å²) in [6.45, 7) is 6.91. The quantitative estimate of drug-likeness (QED) is 0.930. The maximum atomic E-state index is 12.6. The van der Waals surface area contributed by atoms with Gasteiger partial charge in [-0.15, -0.1) is 0 Å². The molecule has 0 saturated heterocycles. The summed E-state index contributed by atoms with van der Waals surface area (Å²) in [5.41, 5.74) is 9.23. The third-order valence-corrected chi connectivity index (χ3v) is 3.18. The topological polar surface area (TPSA) is 59.5 Å². The number of rotatable bonds is 4. The molecule has 1 amide bonds. The minimum Gasteiger partial charge on any atom is -0.467 e. The molecule has 0 bridgehead atoms. The maximum Gasteiger partial charge on any atom is 0.261 e. The van der Waals surface area contributed by atoms with Gasteiger partial charge < -0.3 is 15.1 Å². The Labute approximate surface area is 119 Å². The molecular formula is C16H20N2O2. The summed E-state index contributed by atoms with van der Waals surface area (Å²) in [7, 11) is 0. The lowest BCUT2D eigenvalue weighted by molar-refractivity contribution is 0.0987. The van der Waals surface area contributed by atoms with Gasteiger partial charge in [0.2, 0.25) is 0 Å². The monoisotopic (exact) mass is 272 g/mol. The molecule has 4 heteroatoms. The van der Waals surface area contributed by atoms with Gasteiger partial charge in [-0.05, 0) is 50.1 Å². The molecule has 2 aromatic rings. The molecule has 20 heavy (non-hydrogen) atoms. The Bertz CT molecular complexity index is 596. The molecule has 1 aromatic heterocycles. The summed E-state index contributed by atoms with van der Waals surface area (Å²) < 4.78 is 5.24. The lowest BCUT2D eigenvalue weighted by Gasteiger charge is -2.21. The van der Waals surface area contributed by atoms with Crippen molar-refractivity contribution in [3.63, 3.8) is 0 Å². The molecule has 0 fully saturated rings. The summed E-state index contributed by atoms with van der Waals surface area (Å²) in [5, 5.41) is 0. The zero-order chi connectivity index (χ0) is 14.7. The Morgan fingerprint density at radius 3 is 2.35 bits per heavy atom. The van der Waals surface area contributed by atoms with Crippen molar-refractivity contribution in [1.82, 2.24) is 0 Å². The summed E-state index contributed by atoms with van der Waals surface area (Å²) >= 11 is 0. The predicted molar refractivity (Wildman–Crippen MR) is 79.9 cm³/mol. The first kappa shape index (κ1) is 14.3. The lowest BCUT2D eigenvalue weighted by atomic mass is 10.1. The molecule has 2 rings (SSSR count). The highest BCUT2D eigenvalue weighted by atomic mass is 16.3. The molecule has 0 radical (unpaired) electrons. The first-order valence-electron chi connectivity index (χ1n) is 6.72. The molecule has 0 aliphatic heterocycles. The number of carbonyl (C=O) groups is 1. The van der Waals surface area contributed by atoms with Gasteiger partial charge in [-0.2, -0.15) is 0 Å². The van der Waals surface area contributed by atoms with Crippen LogP contribution in [0.5, 0.6) is 0 Å². The zero-order valence-corrected chi connectivity index (χ0v) is 12.1. The highest BCUT2D eigenvalue weighted by Crippen LogP contribution is 2.21. The number of aryl methyl sites for hydroxylation is 2. The van der Waals surface area contributed by atoms with Crippen molar-refractivity contribution in [1.29, 1.82) is 0 Å². The third kappa shape index (κ3) is 2.91. The molecule has 0 saturated carbocycles. The Balaban J connectivity index is 2.33. The van der Waals surface area contributed by atoms with Gasteiger partial charge in [0.15, 0.2) is 0 Å². The van der Waals surface area contributed by atoms with E-state index in [1.807, 2.05) is 32.9 Å². The fourth-order valence-corrected chi connectivity index (χ4v) is 2.31. The van der Waals surface area contributed by atoms with E-state index in [2.05, 4.69) is 6.07 Å². The van der Waals surface area contributed by atoms with Crippen molar-refractivity contribution in [3.8, 4) is 0 Å². The Kier molecular flexibility index (Phi) is 4.25. The number of hydrogen-bond acceptors (Lipinski definition) is 3. The molecule has 0 unspecified atom stereocenters. The normalized spacial score (nSPS) is 10.6. The van der Waals surface area contributed by atoms with Crippen LogP contribution in [-0.4, -0.2) is 12.5 Å². The summed E-state index contributed by atoms with van der Waals surface area (Å²) in [6, 6.07) is 7.82. The molecule has 1 aromatic carbocycles. The van der Waals surface area contributed by atoms with Crippen LogP contribution in [0.1, 0.15) is 34.2 Å². The van der Waals surface area contributed by atoms with E-state index in [0.717, 1.165) is 16.8 Å². The van der Waals surface area contributed by atoms with Gasteiger partial charge in [0.25, 0.3) is 5.91 Å². The second-order valence-electron chi connectivity index (χ2n) is 4.90. The Morgan fingerprint density at radius 1 is 1.20 bits per heavy atom. The Hall–Kier alpha value is -2.07. The molecule has 2 N–H and O–H groups in total. The molecule has 1 heterocycles. The van der Waals surface area contributed by atoms with Crippen molar-refractivity contribution in [2.24, 2.45) is 5.73 Å². The van der Waals surface area contributed by atoms with Crippen LogP contribution in [0.25, 0.3) is 0 Å². The molecule has 0 aliphatic carbocycles. The van der Waals surface area contributed by atoms with Crippen LogP contribution >= 0.6 is 0 Å². The van der Waals surface area contributed by atoms with E-state index in [0.29, 0.717) is 24.4 Å². The van der Waals surface area contributed by atoms with Crippen LogP contribution in [0.2, 0.25) is 0 Å². The average molecular weight is 272 g/mol. The number of nitrogens with zero attached hydrogens (tertiary/aromatic N) is 1. The fraction of sp³-hybridized carbons (Fsp3) is 0.312. The van der Waals surface area contributed by atoms with Crippen LogP contribution in [0, 0.1) is 13.8 Å². The smallest absolute Gasteiger partial charge is 0.261 e. The molecule has 0 spiro atoms. The maximum absolute atomic E-state index is 12.6. The van der Waals surface area contributed by atoms with E-state index in [-0.39, 0.29) is 5.91 Å². The first-order chi connectivity index (χ1) is 9.55. The van der Waals surface area contributed by atoms with Gasteiger partial charge in [0.1, 0.15) is 12.0 Å². The number of benzene rings is 1. The standard InChI is InChI=1S/C16H20N2O2/c1-4-18(14-6-11(2)5-12(3)7-14)16(19)13-8-15(9-17)20-10-13/h5-8,10H,4,9,17H2,1-3H3. The minimum absolute atomic E-state index is 0.0686. The van der Waals surface area contributed by atoms with Crippen molar-refractivity contribution in [2.45, 2.75) is 27.3 Å². The van der Waals surface area contributed by atoms with Crippen molar-refractivity contribution >= 4 is 11.6 Å². The number of carbonyl (C=O) groups excluding carboxylic acids is 1. The molecule has 4 nitrogen and oxygen atoms in total. The van der Waals surface area contributed by atoms with Gasteiger partial charge in [-0.3, -0.25) is 4.79 Å². The van der Waals surface area contributed by atoms with Crippen LogP contribution < -0.4 is 10.6 Å². The van der Waals surface area contributed by atoms with Gasteiger partial charge in [-0.1, -0.05) is 6.07 Å². The fourth-order valence-electron chi connectivity index (χ4n) is 2.31. The number of amides is 1. The van der Waals surface area contributed by atoms with Crippen LogP contribution in [-0.2, 0) is 6.54 Å². The summed E-state index contributed by atoms with van der Waals surface area (Å²) in [5.74, 6) is 0.547. The lowest BCUT2D eigenvalue weighted by Crippen LogP contribution is -2.30. The number of hydrogen-bond donors (Lipinski definition) is 1. The number of anilines is 1. The molecular weight excluding hydrogens is 252 g/mol. The van der Waals surface area contributed by atoms with E-state index in [1.54, 1.807) is 11.0 Å². The minimum atomic E-state index is -0.0686. The Morgan fingerprint density at radius 2 is 1.85 bits per heavy atom. The van der Waals surface area contributed by atoms with Crippen LogP contribution in [0.4, 0.5) is 5.69 Å².